The fourth-order valence-corrected chi connectivity index (χ4v) is 2.11. The molecule has 2 N–H and O–H groups in total. The Hall–Kier alpha value is -1.58. The molecule has 0 bridgehead atoms. The molecule has 2 rings (SSSR count). The van der Waals surface area contributed by atoms with Gasteiger partial charge in [0.1, 0.15) is 5.82 Å². The largest absolute Gasteiger partial charge is 0.398 e. The summed E-state index contributed by atoms with van der Waals surface area (Å²) in [7, 11) is 0. The number of halogens is 3. The predicted octanol–water partition coefficient (Wildman–Crippen LogP) is 4.14. The summed E-state index contributed by atoms with van der Waals surface area (Å²) in [4.78, 5) is 12.1. The molecule has 0 spiro atoms. The molecule has 0 aromatic heterocycles. The molecule has 5 heteroatoms. The second kappa shape index (κ2) is 5.59. The zero-order valence-electron chi connectivity index (χ0n) is 9.79. The third kappa shape index (κ3) is 3.25. The van der Waals surface area contributed by atoms with Gasteiger partial charge in [-0.25, -0.2) is 4.39 Å². The van der Waals surface area contributed by atoms with Crippen molar-refractivity contribution in [3.05, 3.63) is 63.4 Å². The maximum atomic E-state index is 13.5. The van der Waals surface area contributed by atoms with Crippen LogP contribution in [0.25, 0.3) is 0 Å². The molecule has 0 radical (unpaired) electrons. The third-order valence-corrected chi connectivity index (χ3v) is 3.14. The number of rotatable bonds is 3. The van der Waals surface area contributed by atoms with Crippen molar-refractivity contribution in [1.82, 2.24) is 0 Å². The van der Waals surface area contributed by atoms with E-state index >= 15 is 0 Å². The molecule has 0 unspecified atom stereocenters. The van der Waals surface area contributed by atoms with Crippen LogP contribution >= 0.6 is 23.2 Å². The number of Topliss-reactive ketones (excluding diaryl/α,β-unsaturated/α-hetero) is 1. The second-order valence-electron chi connectivity index (χ2n) is 4.07. The summed E-state index contributed by atoms with van der Waals surface area (Å²) >= 11 is 11.5. The van der Waals surface area contributed by atoms with Crippen LogP contribution in [0, 0.1) is 5.82 Å². The minimum atomic E-state index is -0.467. The van der Waals surface area contributed by atoms with Gasteiger partial charge in [0.25, 0.3) is 0 Å². The van der Waals surface area contributed by atoms with Crippen molar-refractivity contribution in [1.29, 1.82) is 0 Å². The fourth-order valence-electron chi connectivity index (χ4n) is 1.73. The maximum absolute atomic E-state index is 13.5. The third-order valence-electron chi connectivity index (χ3n) is 2.67. The standard InChI is InChI=1S/C14H10Cl2FNO/c15-9-2-4-12(17)8(5-9)6-14(19)11-3-1-10(16)7-13(11)18/h1-5,7H,6,18H2. The first-order chi connectivity index (χ1) is 8.97. The van der Waals surface area contributed by atoms with Crippen molar-refractivity contribution < 1.29 is 9.18 Å². The molecule has 0 aliphatic rings. The summed E-state index contributed by atoms with van der Waals surface area (Å²) in [5.74, 6) is -0.749. The molecule has 19 heavy (non-hydrogen) atoms. The van der Waals surface area contributed by atoms with Crippen LogP contribution in [0.4, 0.5) is 10.1 Å². The van der Waals surface area contributed by atoms with Crippen LogP contribution < -0.4 is 5.73 Å². The van der Waals surface area contributed by atoms with Crippen LogP contribution in [0.3, 0.4) is 0 Å². The molecule has 0 saturated carbocycles. The number of carbonyl (C=O) groups is 1. The molecule has 0 saturated heterocycles. The van der Waals surface area contributed by atoms with Gasteiger partial charge in [0.15, 0.2) is 5.78 Å². The highest BCUT2D eigenvalue weighted by Crippen LogP contribution is 2.21. The molecule has 0 aliphatic heterocycles. The number of anilines is 1. The molecular weight excluding hydrogens is 288 g/mol. The lowest BCUT2D eigenvalue weighted by Crippen LogP contribution is -2.08. The Morgan fingerprint density at radius 1 is 1.11 bits per heavy atom. The number of hydrogen-bond acceptors (Lipinski definition) is 2. The van der Waals surface area contributed by atoms with Crippen molar-refractivity contribution in [3.8, 4) is 0 Å². The molecule has 0 atom stereocenters. The van der Waals surface area contributed by atoms with Crippen LogP contribution in [0.5, 0.6) is 0 Å². The zero-order valence-corrected chi connectivity index (χ0v) is 11.3. The summed E-state index contributed by atoms with van der Waals surface area (Å²) in [5, 5.41) is 0.830. The molecule has 0 aliphatic carbocycles. The van der Waals surface area contributed by atoms with E-state index in [9.17, 15) is 9.18 Å². The Kier molecular flexibility index (Phi) is 4.08. The Labute approximate surface area is 119 Å². The van der Waals surface area contributed by atoms with E-state index in [0.29, 0.717) is 15.6 Å². The van der Waals surface area contributed by atoms with Gasteiger partial charge in [-0.3, -0.25) is 4.79 Å². The molecule has 2 aromatic rings. The number of benzene rings is 2. The van der Waals surface area contributed by atoms with Gasteiger partial charge in [0.05, 0.1) is 0 Å². The highest BCUT2D eigenvalue weighted by molar-refractivity contribution is 6.31. The van der Waals surface area contributed by atoms with Gasteiger partial charge in [-0.2, -0.15) is 0 Å². The van der Waals surface area contributed by atoms with Crippen molar-refractivity contribution >= 4 is 34.7 Å². The molecule has 0 fully saturated rings. The van der Waals surface area contributed by atoms with E-state index in [2.05, 4.69) is 0 Å². The first-order valence-electron chi connectivity index (χ1n) is 5.49. The number of nitrogens with two attached hydrogens (primary N) is 1. The zero-order chi connectivity index (χ0) is 14.0. The summed E-state index contributed by atoms with van der Waals surface area (Å²) < 4.78 is 13.5. The van der Waals surface area contributed by atoms with Gasteiger partial charge in [-0.15, -0.1) is 0 Å². The number of ketones is 1. The monoisotopic (exact) mass is 297 g/mol. The van der Waals surface area contributed by atoms with E-state index in [0.717, 1.165) is 0 Å². The van der Waals surface area contributed by atoms with Crippen molar-refractivity contribution in [2.45, 2.75) is 6.42 Å². The lowest BCUT2D eigenvalue weighted by atomic mass is 10.0. The Morgan fingerprint density at radius 2 is 1.74 bits per heavy atom. The lowest BCUT2D eigenvalue weighted by Gasteiger charge is -2.06. The smallest absolute Gasteiger partial charge is 0.169 e. The summed E-state index contributed by atoms with van der Waals surface area (Å²) in [6, 6.07) is 8.68. The molecule has 0 amide bonds. The molecule has 2 aromatic carbocycles. The van der Waals surface area contributed by atoms with Crippen LogP contribution in [0.1, 0.15) is 15.9 Å². The quantitative estimate of drug-likeness (QED) is 0.683. The molecule has 0 heterocycles. The summed E-state index contributed by atoms with van der Waals surface area (Å²) in [6.07, 6.45) is -0.0990. The van der Waals surface area contributed by atoms with Crippen LogP contribution in [-0.2, 0) is 6.42 Å². The summed E-state index contributed by atoms with van der Waals surface area (Å²) in [5.41, 5.74) is 6.56. The van der Waals surface area contributed by atoms with E-state index in [-0.39, 0.29) is 23.5 Å². The van der Waals surface area contributed by atoms with Crippen LogP contribution in [-0.4, -0.2) is 5.78 Å². The van der Waals surface area contributed by atoms with Crippen LogP contribution in [0.15, 0.2) is 36.4 Å². The molecule has 2 nitrogen and oxygen atoms in total. The average molecular weight is 298 g/mol. The first kappa shape index (κ1) is 13.8. The predicted molar refractivity (Wildman–Crippen MR) is 75.3 cm³/mol. The van der Waals surface area contributed by atoms with Crippen molar-refractivity contribution in [2.24, 2.45) is 0 Å². The van der Waals surface area contributed by atoms with Crippen molar-refractivity contribution in [3.63, 3.8) is 0 Å². The number of hydrogen-bond donors (Lipinski definition) is 1. The number of carbonyl (C=O) groups excluding carboxylic acids is 1. The minimum absolute atomic E-state index is 0.0990. The number of nitrogen functional groups attached to an aromatic ring is 1. The van der Waals surface area contributed by atoms with E-state index in [1.165, 1.54) is 30.3 Å². The summed E-state index contributed by atoms with van der Waals surface area (Å²) in [6.45, 7) is 0. The van der Waals surface area contributed by atoms with E-state index in [1.807, 2.05) is 0 Å². The lowest BCUT2D eigenvalue weighted by molar-refractivity contribution is 0.0992. The maximum Gasteiger partial charge on any atom is 0.169 e. The highest BCUT2D eigenvalue weighted by Gasteiger charge is 2.13. The van der Waals surface area contributed by atoms with Crippen LogP contribution in [0.2, 0.25) is 10.0 Å². The van der Waals surface area contributed by atoms with Gasteiger partial charge in [0, 0.05) is 27.7 Å². The second-order valence-corrected chi connectivity index (χ2v) is 4.94. The Balaban J connectivity index is 2.28. The van der Waals surface area contributed by atoms with Gasteiger partial charge in [0.2, 0.25) is 0 Å². The molecular formula is C14H10Cl2FNO. The average Bonchev–Trinajstić information content (AvgIpc) is 2.33. The van der Waals surface area contributed by atoms with Gasteiger partial charge < -0.3 is 5.73 Å². The van der Waals surface area contributed by atoms with Gasteiger partial charge in [-0.1, -0.05) is 23.2 Å². The Morgan fingerprint density at radius 3 is 2.42 bits per heavy atom. The Bertz CT molecular complexity index is 643. The van der Waals surface area contributed by atoms with E-state index < -0.39 is 5.82 Å². The normalized spacial score (nSPS) is 10.5. The van der Waals surface area contributed by atoms with E-state index in [4.69, 9.17) is 28.9 Å². The minimum Gasteiger partial charge on any atom is -0.398 e. The fraction of sp³-hybridized carbons (Fsp3) is 0.0714. The SMILES string of the molecule is Nc1cc(Cl)ccc1C(=O)Cc1cc(Cl)ccc1F. The van der Waals surface area contributed by atoms with Gasteiger partial charge >= 0.3 is 0 Å². The van der Waals surface area contributed by atoms with Gasteiger partial charge in [-0.05, 0) is 42.0 Å². The van der Waals surface area contributed by atoms with Crippen molar-refractivity contribution in [2.75, 3.05) is 5.73 Å². The first-order valence-corrected chi connectivity index (χ1v) is 6.25. The highest BCUT2D eigenvalue weighted by atomic mass is 35.5. The topological polar surface area (TPSA) is 43.1 Å². The molecule has 98 valence electrons. The van der Waals surface area contributed by atoms with E-state index in [1.54, 1.807) is 6.07 Å².